The molecule has 1 saturated heterocycles. The number of aliphatic imine (C=N–C) groups is 1. The Balaban J connectivity index is 0.00000196. The Morgan fingerprint density at radius 1 is 1.15 bits per heavy atom. The number of hydrogen-bond donors (Lipinski definition) is 3. The fourth-order valence-corrected chi connectivity index (χ4v) is 6.12. The summed E-state index contributed by atoms with van der Waals surface area (Å²) >= 11 is 0. The lowest BCUT2D eigenvalue weighted by atomic mass is 9.46. The standard InChI is InChI=1S/C20H35N3O2.HI/c1-21-18(22-14-19(11-12-24)7-3-2-4-8-19)23-16-15-6-13-25-17(15)20(16)9-5-10-20;/h15-17,24H,2-14H2,1H3,(H2,21,22,23);1H. The van der Waals surface area contributed by atoms with Gasteiger partial charge in [-0.3, -0.25) is 4.99 Å². The van der Waals surface area contributed by atoms with E-state index in [0.29, 0.717) is 30.1 Å². The molecule has 0 aromatic rings. The number of fused-ring (bicyclic) bond motifs is 2. The third kappa shape index (κ3) is 3.50. The first-order chi connectivity index (χ1) is 12.2. The van der Waals surface area contributed by atoms with Crippen LogP contribution in [-0.4, -0.2) is 50.0 Å². The van der Waals surface area contributed by atoms with Gasteiger partial charge in [-0.25, -0.2) is 0 Å². The highest BCUT2D eigenvalue weighted by Crippen LogP contribution is 2.62. The number of nitrogens with zero attached hydrogens (tertiary/aromatic N) is 1. The van der Waals surface area contributed by atoms with Crippen molar-refractivity contribution in [2.24, 2.45) is 21.7 Å². The molecule has 3 N–H and O–H groups in total. The second-order valence-corrected chi connectivity index (χ2v) is 8.91. The Kier molecular flexibility index (Phi) is 6.76. The van der Waals surface area contributed by atoms with Crippen LogP contribution in [0.3, 0.4) is 0 Å². The van der Waals surface area contributed by atoms with E-state index in [4.69, 9.17) is 4.74 Å². The number of nitrogens with one attached hydrogen (secondary N) is 2. The Bertz CT molecular complexity index is 498. The van der Waals surface area contributed by atoms with Crippen molar-refractivity contribution in [3.63, 3.8) is 0 Å². The Morgan fingerprint density at radius 2 is 1.92 bits per heavy atom. The van der Waals surface area contributed by atoms with E-state index in [1.807, 2.05) is 7.05 Å². The van der Waals surface area contributed by atoms with Crippen LogP contribution in [0.4, 0.5) is 0 Å². The van der Waals surface area contributed by atoms with Crippen LogP contribution in [-0.2, 0) is 4.74 Å². The van der Waals surface area contributed by atoms with Crippen molar-refractivity contribution in [1.82, 2.24) is 10.6 Å². The lowest BCUT2D eigenvalue weighted by molar-refractivity contribution is -0.171. The van der Waals surface area contributed by atoms with Gasteiger partial charge in [0.2, 0.25) is 0 Å². The van der Waals surface area contributed by atoms with Crippen molar-refractivity contribution >= 4 is 29.9 Å². The highest BCUT2D eigenvalue weighted by molar-refractivity contribution is 14.0. The van der Waals surface area contributed by atoms with E-state index in [9.17, 15) is 5.11 Å². The molecule has 150 valence electrons. The number of guanidine groups is 1. The van der Waals surface area contributed by atoms with Gasteiger partial charge in [0.15, 0.2) is 5.96 Å². The predicted molar refractivity (Wildman–Crippen MR) is 115 cm³/mol. The van der Waals surface area contributed by atoms with Gasteiger partial charge in [-0.15, -0.1) is 24.0 Å². The van der Waals surface area contributed by atoms with E-state index < -0.39 is 0 Å². The molecule has 1 heterocycles. The van der Waals surface area contributed by atoms with E-state index in [2.05, 4.69) is 15.6 Å². The minimum Gasteiger partial charge on any atom is -0.396 e. The highest BCUT2D eigenvalue weighted by atomic mass is 127. The van der Waals surface area contributed by atoms with E-state index >= 15 is 0 Å². The van der Waals surface area contributed by atoms with Crippen molar-refractivity contribution in [3.05, 3.63) is 0 Å². The van der Waals surface area contributed by atoms with Crippen molar-refractivity contribution in [1.29, 1.82) is 0 Å². The van der Waals surface area contributed by atoms with Crippen molar-refractivity contribution in [2.75, 3.05) is 26.8 Å². The van der Waals surface area contributed by atoms with E-state index in [1.54, 1.807) is 0 Å². The Morgan fingerprint density at radius 3 is 2.54 bits per heavy atom. The number of hydrogen-bond acceptors (Lipinski definition) is 3. The van der Waals surface area contributed by atoms with Crippen LogP contribution in [0.5, 0.6) is 0 Å². The summed E-state index contributed by atoms with van der Waals surface area (Å²) in [5, 5.41) is 16.9. The fourth-order valence-electron chi connectivity index (χ4n) is 6.12. The molecule has 6 heteroatoms. The monoisotopic (exact) mass is 477 g/mol. The Hall–Kier alpha value is -0.0800. The summed E-state index contributed by atoms with van der Waals surface area (Å²) in [5.74, 6) is 1.62. The van der Waals surface area contributed by atoms with Crippen molar-refractivity contribution < 1.29 is 9.84 Å². The molecule has 26 heavy (non-hydrogen) atoms. The van der Waals surface area contributed by atoms with Crippen LogP contribution in [0.1, 0.15) is 64.2 Å². The summed E-state index contributed by atoms with van der Waals surface area (Å²) in [7, 11) is 1.88. The molecule has 3 aliphatic carbocycles. The zero-order valence-corrected chi connectivity index (χ0v) is 18.5. The molecular weight excluding hydrogens is 441 g/mol. The number of ether oxygens (including phenoxy) is 1. The molecule has 0 radical (unpaired) electrons. The molecule has 1 spiro atoms. The van der Waals surface area contributed by atoms with Crippen molar-refractivity contribution in [2.45, 2.75) is 76.4 Å². The maximum Gasteiger partial charge on any atom is 0.191 e. The number of aliphatic hydroxyl groups is 1. The van der Waals surface area contributed by atoms with Crippen molar-refractivity contribution in [3.8, 4) is 0 Å². The summed E-state index contributed by atoms with van der Waals surface area (Å²) in [6, 6.07) is 0.528. The van der Waals surface area contributed by atoms with Gasteiger partial charge in [0.05, 0.1) is 6.10 Å². The maximum absolute atomic E-state index is 9.52. The van der Waals surface area contributed by atoms with Crippen LogP contribution in [0.25, 0.3) is 0 Å². The van der Waals surface area contributed by atoms with Gasteiger partial charge in [-0.05, 0) is 43.9 Å². The second kappa shape index (κ2) is 8.52. The first-order valence-electron chi connectivity index (χ1n) is 10.4. The first-order valence-corrected chi connectivity index (χ1v) is 10.4. The number of halogens is 1. The zero-order valence-electron chi connectivity index (χ0n) is 16.1. The Labute approximate surface area is 175 Å². The van der Waals surface area contributed by atoms with Crippen LogP contribution in [0.15, 0.2) is 4.99 Å². The average Bonchev–Trinajstić information content (AvgIpc) is 3.00. The summed E-state index contributed by atoms with van der Waals surface area (Å²) in [6.07, 6.45) is 12.9. The normalized spacial score (nSPS) is 34.2. The third-order valence-electron chi connectivity index (χ3n) is 7.74. The first kappa shape index (κ1) is 20.6. The molecule has 4 fully saturated rings. The quantitative estimate of drug-likeness (QED) is 0.324. The van der Waals surface area contributed by atoms with Crippen LogP contribution in [0, 0.1) is 16.7 Å². The van der Waals surface area contributed by atoms with Gasteiger partial charge in [-0.2, -0.15) is 0 Å². The largest absolute Gasteiger partial charge is 0.396 e. The van der Waals surface area contributed by atoms with Crippen LogP contribution >= 0.6 is 24.0 Å². The highest BCUT2D eigenvalue weighted by Gasteiger charge is 2.66. The van der Waals surface area contributed by atoms with Gasteiger partial charge < -0.3 is 20.5 Å². The molecule has 4 rings (SSSR count). The lowest BCUT2D eigenvalue weighted by Gasteiger charge is -2.63. The molecule has 0 aromatic heterocycles. The molecule has 4 aliphatic rings. The molecule has 3 saturated carbocycles. The molecule has 0 bridgehead atoms. The van der Waals surface area contributed by atoms with Gasteiger partial charge in [-0.1, -0.05) is 25.7 Å². The summed E-state index contributed by atoms with van der Waals surface area (Å²) in [4.78, 5) is 4.51. The van der Waals surface area contributed by atoms with Crippen LogP contribution in [0.2, 0.25) is 0 Å². The zero-order chi connectivity index (χ0) is 17.3. The minimum atomic E-state index is 0. The molecule has 3 atom stereocenters. The van der Waals surface area contributed by atoms with Crippen LogP contribution < -0.4 is 10.6 Å². The molecule has 3 unspecified atom stereocenters. The van der Waals surface area contributed by atoms with Gasteiger partial charge in [0, 0.05) is 44.2 Å². The topological polar surface area (TPSA) is 65.9 Å². The maximum atomic E-state index is 9.52. The smallest absolute Gasteiger partial charge is 0.191 e. The van der Waals surface area contributed by atoms with E-state index in [1.165, 1.54) is 57.8 Å². The lowest BCUT2D eigenvalue weighted by Crippen LogP contribution is -2.72. The summed E-state index contributed by atoms with van der Waals surface area (Å²) < 4.78 is 6.03. The third-order valence-corrected chi connectivity index (χ3v) is 7.74. The second-order valence-electron chi connectivity index (χ2n) is 8.91. The number of rotatable bonds is 5. The predicted octanol–water partition coefficient (Wildman–Crippen LogP) is 3.06. The summed E-state index contributed by atoms with van der Waals surface area (Å²) in [6.45, 7) is 2.15. The van der Waals surface area contributed by atoms with E-state index in [0.717, 1.165) is 25.5 Å². The molecular formula is C20H36IN3O2. The molecule has 5 nitrogen and oxygen atoms in total. The van der Waals surface area contributed by atoms with Gasteiger partial charge in [0.1, 0.15) is 0 Å². The molecule has 0 amide bonds. The molecule has 1 aliphatic heterocycles. The fraction of sp³-hybridized carbons (Fsp3) is 0.950. The van der Waals surface area contributed by atoms with Gasteiger partial charge >= 0.3 is 0 Å². The number of aliphatic hydroxyl groups excluding tert-OH is 1. The SMILES string of the molecule is CN=C(NCC1(CCO)CCCCC1)NC1C2CCOC2C12CCC2.I. The average molecular weight is 477 g/mol. The molecule has 0 aromatic carbocycles. The summed E-state index contributed by atoms with van der Waals surface area (Å²) in [5.41, 5.74) is 0.629. The van der Waals surface area contributed by atoms with E-state index in [-0.39, 0.29) is 29.4 Å². The minimum absolute atomic E-state index is 0. The van der Waals surface area contributed by atoms with Gasteiger partial charge in [0.25, 0.3) is 0 Å².